The molecule has 0 aliphatic heterocycles. The van der Waals surface area contributed by atoms with E-state index < -0.39 is 23.2 Å². The maximum Gasteiger partial charge on any atom is 0.419 e. The van der Waals surface area contributed by atoms with Gasteiger partial charge in [0.1, 0.15) is 5.82 Å². The topological polar surface area (TPSA) is 35.2 Å². The van der Waals surface area contributed by atoms with Gasteiger partial charge >= 0.3 is 6.18 Å². The number of hydrogen-bond donors (Lipinski definition) is 1. The molecular weight excluding hydrogens is 250 g/mol. The minimum Gasteiger partial charge on any atom is -0.399 e. The third-order valence-corrected chi connectivity index (χ3v) is 2.55. The predicted octanol–water partition coefficient (Wildman–Crippen LogP) is 3.70. The summed E-state index contributed by atoms with van der Waals surface area (Å²) >= 11 is 0. The average Bonchev–Trinajstić information content (AvgIpc) is 2.19. The van der Waals surface area contributed by atoms with Crippen molar-refractivity contribution in [2.75, 3.05) is 12.3 Å². The Bertz CT molecular complexity index is 440. The highest BCUT2D eigenvalue weighted by Gasteiger charge is 2.38. The van der Waals surface area contributed by atoms with E-state index in [9.17, 15) is 17.6 Å². The summed E-state index contributed by atoms with van der Waals surface area (Å²) in [5.41, 5.74) is 2.51. The number of nitrogens with two attached hydrogens (primary N) is 1. The van der Waals surface area contributed by atoms with Crippen LogP contribution in [-0.4, -0.2) is 6.61 Å². The summed E-state index contributed by atoms with van der Waals surface area (Å²) in [6.07, 6.45) is -4.78. The zero-order valence-electron chi connectivity index (χ0n) is 10.4. The first kappa shape index (κ1) is 14.8. The fourth-order valence-corrected chi connectivity index (χ4v) is 1.73. The first-order valence-corrected chi connectivity index (χ1v) is 5.40. The maximum atomic E-state index is 13.9. The van der Waals surface area contributed by atoms with E-state index in [1.54, 1.807) is 6.92 Å². The zero-order chi connectivity index (χ0) is 14.1. The fraction of sp³-hybridized carbons (Fsp3) is 0.500. The van der Waals surface area contributed by atoms with E-state index in [1.165, 1.54) is 19.9 Å². The van der Waals surface area contributed by atoms with Crippen molar-refractivity contribution in [1.82, 2.24) is 0 Å². The molecule has 0 atom stereocenters. The zero-order valence-corrected chi connectivity index (χ0v) is 10.4. The number of benzene rings is 1. The maximum absolute atomic E-state index is 13.9. The number of hydrogen-bond acceptors (Lipinski definition) is 2. The highest BCUT2D eigenvalue weighted by molar-refractivity contribution is 5.48. The molecule has 1 aromatic rings. The lowest BCUT2D eigenvalue weighted by molar-refractivity contribution is -0.140. The lowest BCUT2D eigenvalue weighted by atomic mass is 9.94. The number of alkyl halides is 3. The van der Waals surface area contributed by atoms with Crippen LogP contribution in [0.5, 0.6) is 0 Å². The lowest BCUT2D eigenvalue weighted by Crippen LogP contribution is -2.25. The van der Waals surface area contributed by atoms with E-state index in [0.717, 1.165) is 0 Å². The van der Waals surface area contributed by atoms with Gasteiger partial charge in [-0.05, 0) is 32.9 Å². The van der Waals surface area contributed by atoms with Crippen LogP contribution in [0.25, 0.3) is 0 Å². The molecule has 102 valence electrons. The SMILES string of the molecule is CCOC(C)(C)c1cc(N)cc(C(F)(F)F)c1F. The smallest absolute Gasteiger partial charge is 0.399 e. The molecule has 0 saturated carbocycles. The second kappa shape index (κ2) is 4.76. The van der Waals surface area contributed by atoms with E-state index in [2.05, 4.69) is 0 Å². The third kappa shape index (κ3) is 2.93. The number of rotatable bonds is 3. The van der Waals surface area contributed by atoms with Crippen LogP contribution >= 0.6 is 0 Å². The highest BCUT2D eigenvalue weighted by atomic mass is 19.4. The van der Waals surface area contributed by atoms with Gasteiger partial charge in [-0.1, -0.05) is 0 Å². The Kier molecular flexibility index (Phi) is 3.90. The normalized spacial score (nSPS) is 12.8. The van der Waals surface area contributed by atoms with Gasteiger partial charge in [0.2, 0.25) is 0 Å². The summed E-state index contributed by atoms with van der Waals surface area (Å²) < 4.78 is 57.1. The minimum atomic E-state index is -4.78. The van der Waals surface area contributed by atoms with Crippen molar-refractivity contribution in [2.45, 2.75) is 32.5 Å². The van der Waals surface area contributed by atoms with Crippen LogP contribution in [0.3, 0.4) is 0 Å². The van der Waals surface area contributed by atoms with Gasteiger partial charge in [-0.15, -0.1) is 0 Å². The number of ether oxygens (including phenoxy) is 1. The monoisotopic (exact) mass is 265 g/mol. The third-order valence-electron chi connectivity index (χ3n) is 2.55. The molecule has 0 saturated heterocycles. The molecule has 0 bridgehead atoms. The van der Waals surface area contributed by atoms with Crippen molar-refractivity contribution in [3.05, 3.63) is 29.1 Å². The van der Waals surface area contributed by atoms with E-state index in [0.29, 0.717) is 6.07 Å². The Morgan fingerprint density at radius 3 is 2.11 bits per heavy atom. The van der Waals surface area contributed by atoms with Crippen LogP contribution in [0.15, 0.2) is 12.1 Å². The molecule has 0 unspecified atom stereocenters. The molecule has 18 heavy (non-hydrogen) atoms. The Labute approximate surface area is 103 Å². The molecule has 1 rings (SSSR count). The number of anilines is 1. The van der Waals surface area contributed by atoms with Crippen LogP contribution in [0.1, 0.15) is 31.9 Å². The second-order valence-electron chi connectivity index (χ2n) is 4.37. The van der Waals surface area contributed by atoms with Crippen LogP contribution in [0, 0.1) is 5.82 Å². The first-order chi connectivity index (χ1) is 8.09. The van der Waals surface area contributed by atoms with Crippen LogP contribution in [0.2, 0.25) is 0 Å². The molecule has 2 N–H and O–H groups in total. The summed E-state index contributed by atoms with van der Waals surface area (Å²) in [5.74, 6) is -1.34. The molecule has 2 nitrogen and oxygen atoms in total. The van der Waals surface area contributed by atoms with Gasteiger partial charge in [0.05, 0.1) is 11.2 Å². The standard InChI is InChI=1S/C12H15F4NO/c1-4-18-11(2,3)8-5-7(17)6-9(10(8)13)12(14,15)16/h5-6H,4,17H2,1-3H3. The minimum absolute atomic E-state index is 0.147. The molecule has 0 aliphatic rings. The van der Waals surface area contributed by atoms with Crippen molar-refractivity contribution in [1.29, 1.82) is 0 Å². The van der Waals surface area contributed by atoms with Crippen LogP contribution < -0.4 is 5.73 Å². The van der Waals surface area contributed by atoms with E-state index in [1.807, 2.05) is 0 Å². The van der Waals surface area contributed by atoms with Gasteiger partial charge < -0.3 is 10.5 Å². The molecule has 0 aromatic heterocycles. The van der Waals surface area contributed by atoms with E-state index in [4.69, 9.17) is 10.5 Å². The Balaban J connectivity index is 3.43. The Hall–Kier alpha value is -1.30. The van der Waals surface area contributed by atoms with Crippen molar-refractivity contribution >= 4 is 5.69 Å². The molecule has 0 aliphatic carbocycles. The quantitative estimate of drug-likeness (QED) is 0.668. The summed E-state index contributed by atoms with van der Waals surface area (Å²) in [5, 5.41) is 0. The van der Waals surface area contributed by atoms with Gasteiger partial charge in [-0.3, -0.25) is 0 Å². The molecule has 0 heterocycles. The summed E-state index contributed by atoms with van der Waals surface area (Å²) in [7, 11) is 0. The van der Waals surface area contributed by atoms with Crippen LogP contribution in [-0.2, 0) is 16.5 Å². The van der Waals surface area contributed by atoms with Gasteiger partial charge in [0.15, 0.2) is 0 Å². The van der Waals surface area contributed by atoms with Crippen molar-refractivity contribution in [2.24, 2.45) is 0 Å². The molecule has 6 heteroatoms. The molecular formula is C12H15F4NO. The van der Waals surface area contributed by atoms with E-state index >= 15 is 0 Å². The molecule has 0 spiro atoms. The van der Waals surface area contributed by atoms with Crippen molar-refractivity contribution in [3.63, 3.8) is 0 Å². The lowest BCUT2D eigenvalue weighted by Gasteiger charge is -2.27. The van der Waals surface area contributed by atoms with Crippen molar-refractivity contribution in [3.8, 4) is 0 Å². The molecule has 0 fully saturated rings. The Morgan fingerprint density at radius 1 is 1.17 bits per heavy atom. The fourth-order valence-electron chi connectivity index (χ4n) is 1.73. The van der Waals surface area contributed by atoms with E-state index in [-0.39, 0.29) is 17.9 Å². The summed E-state index contributed by atoms with van der Waals surface area (Å²) in [6.45, 7) is 4.92. The number of nitrogen functional groups attached to an aromatic ring is 1. The summed E-state index contributed by atoms with van der Waals surface area (Å²) in [6, 6.07) is 1.75. The van der Waals surface area contributed by atoms with Gasteiger partial charge in [-0.25, -0.2) is 4.39 Å². The van der Waals surface area contributed by atoms with Gasteiger partial charge in [-0.2, -0.15) is 13.2 Å². The second-order valence-corrected chi connectivity index (χ2v) is 4.37. The molecule has 0 amide bonds. The summed E-state index contributed by atoms with van der Waals surface area (Å²) in [4.78, 5) is 0. The van der Waals surface area contributed by atoms with Gasteiger partial charge in [0, 0.05) is 17.9 Å². The molecule has 1 aromatic carbocycles. The Morgan fingerprint density at radius 2 is 1.67 bits per heavy atom. The number of halogens is 4. The van der Waals surface area contributed by atoms with Gasteiger partial charge in [0.25, 0.3) is 0 Å². The van der Waals surface area contributed by atoms with Crippen molar-refractivity contribution < 1.29 is 22.3 Å². The highest BCUT2D eigenvalue weighted by Crippen LogP contribution is 2.38. The predicted molar refractivity (Wildman–Crippen MR) is 60.5 cm³/mol. The van der Waals surface area contributed by atoms with Crippen LogP contribution in [0.4, 0.5) is 23.2 Å². The first-order valence-electron chi connectivity index (χ1n) is 5.40. The average molecular weight is 265 g/mol. The molecule has 0 radical (unpaired) electrons. The largest absolute Gasteiger partial charge is 0.419 e.